The predicted octanol–water partition coefficient (Wildman–Crippen LogP) is 16.4. The molecule has 0 saturated heterocycles. The molecule has 0 unspecified atom stereocenters. The molecular weight excluding hydrogens is 705 g/mol. The van der Waals surface area contributed by atoms with Gasteiger partial charge in [0.15, 0.2) is 0 Å². The van der Waals surface area contributed by atoms with Gasteiger partial charge in [0.25, 0.3) is 0 Å². The molecular formula is C56H40S. The maximum Gasteiger partial charge on any atom is 0.0440 e. The fourth-order valence-corrected chi connectivity index (χ4v) is 10.9. The molecule has 0 aliphatic heterocycles. The van der Waals surface area contributed by atoms with Gasteiger partial charge in [-0.1, -0.05) is 178 Å². The second kappa shape index (κ2) is 13.0. The quantitative estimate of drug-likeness (QED) is 0.122. The molecule has 0 bridgehead atoms. The molecule has 0 nitrogen and oxygen atoms in total. The molecule has 270 valence electrons. The van der Waals surface area contributed by atoms with Gasteiger partial charge in [0, 0.05) is 31.0 Å². The van der Waals surface area contributed by atoms with E-state index in [-0.39, 0.29) is 5.41 Å². The molecule has 0 radical (unpaired) electrons. The summed E-state index contributed by atoms with van der Waals surface area (Å²) in [7, 11) is 0. The monoisotopic (exact) mass is 744 g/mol. The molecule has 10 aromatic rings. The van der Waals surface area contributed by atoms with E-state index >= 15 is 0 Å². The minimum atomic E-state index is -0.162. The number of fused-ring (bicyclic) bond motifs is 12. The summed E-state index contributed by atoms with van der Waals surface area (Å²) in [6, 6.07) is 61.3. The third kappa shape index (κ3) is 5.19. The predicted molar refractivity (Wildman–Crippen MR) is 250 cm³/mol. The van der Waals surface area contributed by atoms with Gasteiger partial charge in [0.05, 0.1) is 0 Å². The van der Waals surface area contributed by atoms with Crippen LogP contribution in [0.4, 0.5) is 0 Å². The van der Waals surface area contributed by atoms with Gasteiger partial charge < -0.3 is 0 Å². The summed E-state index contributed by atoms with van der Waals surface area (Å²) in [4.78, 5) is 0. The van der Waals surface area contributed by atoms with Gasteiger partial charge in [-0.3, -0.25) is 0 Å². The first-order valence-electron chi connectivity index (χ1n) is 20.0. The van der Waals surface area contributed by atoms with Crippen LogP contribution in [0.1, 0.15) is 37.5 Å². The summed E-state index contributed by atoms with van der Waals surface area (Å²) in [6.45, 7) is 6.87. The summed E-state index contributed by atoms with van der Waals surface area (Å²) in [5, 5.41) is 10.6. The molecule has 1 aliphatic rings. The Bertz CT molecular complexity index is 3320. The number of hydrogen-bond acceptors (Lipinski definition) is 1. The average Bonchev–Trinajstić information content (AvgIpc) is 3.75. The zero-order valence-electron chi connectivity index (χ0n) is 32.3. The van der Waals surface area contributed by atoms with Crippen LogP contribution in [0.15, 0.2) is 182 Å². The standard InChI is InChI=1S/C56H40S/c1-4-5-7-18-39-31-49(42-21-11-13-22-45(42)53(39)35-16-8-6-9-17-35)38-27-29-44-43-28-25-36(32-50(43)56(2,3)51(44)33-38)37-26-30-48-52(34-37)57-55-47-24-15-12-20-41(47)40-19-10-14-23-46(40)54(48)55/h4-34H,1-3H3/b5-4-,18-7-. The lowest BCUT2D eigenvalue weighted by atomic mass is 9.80. The van der Waals surface area contributed by atoms with Crippen molar-refractivity contribution >= 4 is 69.9 Å². The zero-order valence-corrected chi connectivity index (χ0v) is 33.1. The highest BCUT2D eigenvalue weighted by Gasteiger charge is 2.36. The van der Waals surface area contributed by atoms with Crippen LogP contribution < -0.4 is 0 Å². The molecule has 9 aromatic carbocycles. The van der Waals surface area contributed by atoms with Crippen molar-refractivity contribution in [3.8, 4) is 44.5 Å². The molecule has 57 heavy (non-hydrogen) atoms. The minimum absolute atomic E-state index is 0.162. The third-order valence-corrected chi connectivity index (χ3v) is 13.6. The summed E-state index contributed by atoms with van der Waals surface area (Å²) in [6.07, 6.45) is 8.60. The summed E-state index contributed by atoms with van der Waals surface area (Å²) in [5.41, 5.74) is 14.1. The highest BCUT2D eigenvalue weighted by atomic mass is 32.1. The number of allylic oxidation sites excluding steroid dienone is 3. The Kier molecular flexibility index (Phi) is 7.71. The molecule has 1 heterocycles. The van der Waals surface area contributed by atoms with Gasteiger partial charge in [-0.2, -0.15) is 0 Å². The van der Waals surface area contributed by atoms with Gasteiger partial charge in [0.1, 0.15) is 0 Å². The molecule has 11 rings (SSSR count). The summed E-state index contributed by atoms with van der Waals surface area (Å²) in [5.74, 6) is 0. The van der Waals surface area contributed by atoms with Crippen molar-refractivity contribution in [1.82, 2.24) is 0 Å². The van der Waals surface area contributed by atoms with Crippen molar-refractivity contribution in [2.45, 2.75) is 26.2 Å². The zero-order chi connectivity index (χ0) is 38.3. The Balaban J connectivity index is 1.02. The van der Waals surface area contributed by atoms with Crippen LogP contribution in [0.25, 0.3) is 103 Å². The number of thiophene rings is 1. The van der Waals surface area contributed by atoms with E-state index < -0.39 is 0 Å². The van der Waals surface area contributed by atoms with E-state index in [1.54, 1.807) is 0 Å². The van der Waals surface area contributed by atoms with E-state index in [1.165, 1.54) is 114 Å². The van der Waals surface area contributed by atoms with Crippen molar-refractivity contribution in [1.29, 1.82) is 0 Å². The normalized spacial score (nSPS) is 13.5. The van der Waals surface area contributed by atoms with E-state index in [9.17, 15) is 0 Å². The molecule has 0 amide bonds. The molecule has 1 heteroatoms. The molecule has 0 fully saturated rings. The van der Waals surface area contributed by atoms with Crippen molar-refractivity contribution < 1.29 is 0 Å². The van der Waals surface area contributed by atoms with E-state index in [0.717, 1.165) is 0 Å². The van der Waals surface area contributed by atoms with Gasteiger partial charge in [-0.25, -0.2) is 0 Å². The fraction of sp³-hybridized carbons (Fsp3) is 0.0714. The molecule has 1 aromatic heterocycles. The molecule has 1 aliphatic carbocycles. The van der Waals surface area contributed by atoms with Crippen LogP contribution >= 0.6 is 11.3 Å². The van der Waals surface area contributed by atoms with Crippen LogP contribution in [0.2, 0.25) is 0 Å². The lowest BCUT2D eigenvalue weighted by molar-refractivity contribution is 0.661. The Morgan fingerprint density at radius 2 is 1.02 bits per heavy atom. The highest BCUT2D eigenvalue weighted by Crippen LogP contribution is 2.52. The first kappa shape index (κ1) is 33.8. The van der Waals surface area contributed by atoms with E-state index in [2.05, 4.69) is 209 Å². The maximum atomic E-state index is 2.47. The topological polar surface area (TPSA) is 0 Å². The van der Waals surface area contributed by atoms with Crippen LogP contribution in [-0.4, -0.2) is 0 Å². The van der Waals surface area contributed by atoms with Crippen LogP contribution in [0.3, 0.4) is 0 Å². The first-order chi connectivity index (χ1) is 28.0. The lowest BCUT2D eigenvalue weighted by Crippen LogP contribution is -2.15. The van der Waals surface area contributed by atoms with E-state index in [1.807, 2.05) is 11.3 Å². The minimum Gasteiger partial charge on any atom is -0.134 e. The Morgan fingerprint density at radius 3 is 1.75 bits per heavy atom. The van der Waals surface area contributed by atoms with Crippen LogP contribution in [-0.2, 0) is 5.41 Å². The maximum absolute atomic E-state index is 2.47. The lowest BCUT2D eigenvalue weighted by Gasteiger charge is -2.23. The van der Waals surface area contributed by atoms with Gasteiger partial charge >= 0.3 is 0 Å². The number of benzene rings is 9. The second-order valence-electron chi connectivity index (χ2n) is 15.9. The molecule has 0 N–H and O–H groups in total. The Labute approximate surface area is 337 Å². The van der Waals surface area contributed by atoms with E-state index in [4.69, 9.17) is 0 Å². The largest absolute Gasteiger partial charge is 0.134 e. The van der Waals surface area contributed by atoms with Gasteiger partial charge in [-0.15, -0.1) is 11.3 Å². The molecule has 0 spiro atoms. The summed E-state index contributed by atoms with van der Waals surface area (Å²) < 4.78 is 2.71. The number of rotatable bonds is 5. The molecule has 0 saturated carbocycles. The van der Waals surface area contributed by atoms with Crippen LogP contribution in [0.5, 0.6) is 0 Å². The second-order valence-corrected chi connectivity index (χ2v) is 17.0. The van der Waals surface area contributed by atoms with E-state index in [0.29, 0.717) is 0 Å². The average molecular weight is 745 g/mol. The Morgan fingerprint density at radius 1 is 0.439 bits per heavy atom. The van der Waals surface area contributed by atoms with Gasteiger partial charge in [-0.05, 0) is 119 Å². The highest BCUT2D eigenvalue weighted by molar-refractivity contribution is 7.27. The van der Waals surface area contributed by atoms with Gasteiger partial charge in [0.2, 0.25) is 0 Å². The number of hydrogen-bond donors (Lipinski definition) is 0. The smallest absolute Gasteiger partial charge is 0.0440 e. The SMILES string of the molecule is C/C=C\C=C/c1cc(-c2ccc3c(c2)C(C)(C)c2cc(-c4ccc5c(c4)sc4c6ccccc6c6ccccc6c54)ccc2-3)c2ccccc2c1-c1ccccc1. The summed E-state index contributed by atoms with van der Waals surface area (Å²) >= 11 is 1.93. The fourth-order valence-electron chi connectivity index (χ4n) is 9.63. The van der Waals surface area contributed by atoms with Crippen molar-refractivity contribution in [3.05, 3.63) is 199 Å². The van der Waals surface area contributed by atoms with Crippen LogP contribution in [0, 0.1) is 0 Å². The van der Waals surface area contributed by atoms with Crippen molar-refractivity contribution in [2.75, 3.05) is 0 Å². The third-order valence-electron chi connectivity index (χ3n) is 12.4. The van der Waals surface area contributed by atoms with Crippen molar-refractivity contribution in [2.24, 2.45) is 0 Å². The molecule has 0 atom stereocenters. The first-order valence-corrected chi connectivity index (χ1v) is 20.8. The Hall–Kier alpha value is -6.54. The van der Waals surface area contributed by atoms with Crippen molar-refractivity contribution in [3.63, 3.8) is 0 Å².